The Hall–Kier alpha value is -3.19. The number of rotatable bonds is 5. The number of piperidine rings is 3. The lowest BCUT2D eigenvalue weighted by Gasteiger charge is -2.49. The first-order valence-corrected chi connectivity index (χ1v) is 10.5. The summed E-state index contributed by atoms with van der Waals surface area (Å²) >= 11 is 0. The zero-order chi connectivity index (χ0) is 20.5. The molecule has 0 radical (unpaired) electrons. The Labute approximate surface area is 175 Å². The monoisotopic (exact) mass is 403 g/mol. The van der Waals surface area contributed by atoms with E-state index in [4.69, 9.17) is 0 Å². The van der Waals surface area contributed by atoms with Crippen LogP contribution in [0.25, 0.3) is 11.3 Å². The van der Waals surface area contributed by atoms with Crippen LogP contribution in [0.15, 0.2) is 60.8 Å². The molecule has 154 valence electrons. The second-order valence-corrected chi connectivity index (χ2v) is 8.27. The van der Waals surface area contributed by atoms with Crippen molar-refractivity contribution >= 4 is 11.6 Å². The van der Waals surface area contributed by atoms with Crippen LogP contribution in [0.2, 0.25) is 0 Å². The minimum atomic E-state index is 0.0359. The van der Waals surface area contributed by atoms with Gasteiger partial charge in [0, 0.05) is 23.8 Å². The van der Waals surface area contributed by atoms with Gasteiger partial charge in [-0.25, -0.2) is 0 Å². The summed E-state index contributed by atoms with van der Waals surface area (Å²) < 4.78 is 1.88. The van der Waals surface area contributed by atoms with Gasteiger partial charge in [-0.2, -0.15) is 0 Å². The lowest BCUT2D eigenvalue weighted by Crippen LogP contribution is -2.57. The van der Waals surface area contributed by atoms with Crippen molar-refractivity contribution in [2.24, 2.45) is 11.8 Å². The average molecular weight is 403 g/mol. The van der Waals surface area contributed by atoms with E-state index in [2.05, 4.69) is 20.5 Å². The van der Waals surface area contributed by atoms with E-state index in [0.29, 0.717) is 12.0 Å². The van der Waals surface area contributed by atoms with E-state index in [9.17, 15) is 9.90 Å². The van der Waals surface area contributed by atoms with Crippen molar-refractivity contribution in [2.75, 3.05) is 18.4 Å². The third kappa shape index (κ3) is 3.80. The predicted molar refractivity (Wildman–Crippen MR) is 114 cm³/mol. The maximum Gasteiger partial charge on any atom is 0.229 e. The van der Waals surface area contributed by atoms with Crippen LogP contribution in [0.1, 0.15) is 12.8 Å². The van der Waals surface area contributed by atoms with Crippen LogP contribution in [-0.4, -0.2) is 50.0 Å². The van der Waals surface area contributed by atoms with Crippen molar-refractivity contribution < 1.29 is 9.90 Å². The van der Waals surface area contributed by atoms with Gasteiger partial charge in [0.25, 0.3) is 0 Å². The number of carbonyl (C=O) groups excluding carboxylic acids is 1. The molecule has 3 aliphatic rings. The quantitative estimate of drug-likeness (QED) is 0.684. The Morgan fingerprint density at radius 2 is 2.03 bits per heavy atom. The standard InChI is InChI=1S/C23H25N5O2/c29-20-8-4-5-17(12-20)22-15-28(26-25-22)13-19-11-16-9-10-27(19)14-21(16)23(30)24-18-6-2-1-3-7-18/h1-8,12,15-16,19,21,29H,9-11,13-14H2,(H,24,30). The van der Waals surface area contributed by atoms with E-state index < -0.39 is 0 Å². The molecule has 4 heterocycles. The summed E-state index contributed by atoms with van der Waals surface area (Å²) in [5, 5.41) is 21.3. The van der Waals surface area contributed by atoms with Gasteiger partial charge in [0.1, 0.15) is 11.4 Å². The van der Waals surface area contributed by atoms with Crippen LogP contribution in [0.4, 0.5) is 5.69 Å². The fraction of sp³-hybridized carbons (Fsp3) is 0.348. The molecule has 0 spiro atoms. The lowest BCUT2D eigenvalue weighted by molar-refractivity contribution is -0.127. The number of carbonyl (C=O) groups is 1. The van der Waals surface area contributed by atoms with Crippen molar-refractivity contribution in [1.29, 1.82) is 0 Å². The average Bonchev–Trinajstić information content (AvgIpc) is 3.23. The minimum Gasteiger partial charge on any atom is -0.508 e. The number of aromatic nitrogens is 3. The van der Waals surface area contributed by atoms with Crippen LogP contribution >= 0.6 is 0 Å². The van der Waals surface area contributed by atoms with Gasteiger partial charge in [-0.1, -0.05) is 35.5 Å². The van der Waals surface area contributed by atoms with Crippen LogP contribution in [0.5, 0.6) is 5.75 Å². The Kier molecular flexibility index (Phi) is 4.96. The summed E-state index contributed by atoms with van der Waals surface area (Å²) in [4.78, 5) is 15.2. The van der Waals surface area contributed by atoms with E-state index in [1.165, 1.54) is 0 Å². The van der Waals surface area contributed by atoms with E-state index in [1.807, 2.05) is 47.3 Å². The fourth-order valence-electron chi connectivity index (χ4n) is 4.78. The molecule has 6 rings (SSSR count). The zero-order valence-corrected chi connectivity index (χ0v) is 16.7. The van der Waals surface area contributed by atoms with Crippen LogP contribution in [0, 0.1) is 11.8 Å². The highest BCUT2D eigenvalue weighted by molar-refractivity contribution is 5.93. The van der Waals surface area contributed by atoms with Crippen molar-refractivity contribution in [3.8, 4) is 17.0 Å². The molecule has 4 atom stereocenters. The molecule has 7 heteroatoms. The molecular weight excluding hydrogens is 378 g/mol. The molecule has 30 heavy (non-hydrogen) atoms. The first kappa shape index (κ1) is 18.8. The maximum atomic E-state index is 12.8. The van der Waals surface area contributed by atoms with Gasteiger partial charge >= 0.3 is 0 Å². The molecule has 3 fully saturated rings. The number of fused-ring (bicyclic) bond motifs is 3. The third-order valence-corrected chi connectivity index (χ3v) is 6.34. The Balaban J connectivity index is 1.23. The van der Waals surface area contributed by atoms with E-state index in [0.717, 1.165) is 49.4 Å². The molecule has 2 aromatic carbocycles. The zero-order valence-electron chi connectivity index (χ0n) is 16.7. The smallest absolute Gasteiger partial charge is 0.229 e. The van der Waals surface area contributed by atoms with Gasteiger partial charge in [-0.3, -0.25) is 14.4 Å². The summed E-state index contributed by atoms with van der Waals surface area (Å²) in [6, 6.07) is 17.1. The number of anilines is 1. The summed E-state index contributed by atoms with van der Waals surface area (Å²) in [5.74, 6) is 0.783. The molecule has 3 aliphatic heterocycles. The second kappa shape index (κ2) is 7.91. The number of para-hydroxylation sites is 1. The largest absolute Gasteiger partial charge is 0.508 e. The summed E-state index contributed by atoms with van der Waals surface area (Å²) in [6.07, 6.45) is 3.99. The highest BCUT2D eigenvalue weighted by atomic mass is 16.3. The number of nitrogens with one attached hydrogen (secondary N) is 1. The minimum absolute atomic E-state index is 0.0359. The number of nitrogens with zero attached hydrogens (tertiary/aromatic N) is 4. The Bertz CT molecular complexity index is 1030. The molecular formula is C23H25N5O2. The number of phenolic OH excluding ortho intramolecular Hbond substituents is 1. The number of hydrogen-bond donors (Lipinski definition) is 2. The van der Waals surface area contributed by atoms with Crippen molar-refractivity contribution in [3.05, 3.63) is 60.8 Å². The normalized spacial score (nSPS) is 25.2. The highest BCUT2D eigenvalue weighted by Crippen LogP contribution is 2.37. The first-order chi connectivity index (χ1) is 14.7. The van der Waals surface area contributed by atoms with E-state index in [-0.39, 0.29) is 17.6 Å². The van der Waals surface area contributed by atoms with Crippen molar-refractivity contribution in [3.63, 3.8) is 0 Å². The Morgan fingerprint density at radius 1 is 1.17 bits per heavy atom. The summed E-state index contributed by atoms with van der Waals surface area (Å²) in [6.45, 7) is 2.58. The number of amides is 1. The first-order valence-electron chi connectivity index (χ1n) is 10.5. The number of phenols is 1. The van der Waals surface area contributed by atoms with Gasteiger partial charge in [0.05, 0.1) is 18.7 Å². The van der Waals surface area contributed by atoms with Crippen LogP contribution < -0.4 is 5.32 Å². The molecule has 0 saturated carbocycles. The summed E-state index contributed by atoms with van der Waals surface area (Å²) in [7, 11) is 0. The highest BCUT2D eigenvalue weighted by Gasteiger charge is 2.43. The summed E-state index contributed by atoms with van der Waals surface area (Å²) in [5.41, 5.74) is 2.46. The number of benzene rings is 2. The SMILES string of the molecule is O=C(Nc1ccccc1)C1CN2CCC1CC2Cn1cc(-c2cccc(O)c2)nn1. The topological polar surface area (TPSA) is 83.3 Å². The van der Waals surface area contributed by atoms with Gasteiger partial charge in [-0.15, -0.1) is 5.10 Å². The molecule has 4 unspecified atom stereocenters. The lowest BCUT2D eigenvalue weighted by atomic mass is 9.75. The van der Waals surface area contributed by atoms with E-state index >= 15 is 0 Å². The fourth-order valence-corrected chi connectivity index (χ4v) is 4.78. The molecule has 1 amide bonds. The van der Waals surface area contributed by atoms with Crippen molar-refractivity contribution in [2.45, 2.75) is 25.4 Å². The molecule has 2 bridgehead atoms. The number of hydrogen-bond acceptors (Lipinski definition) is 5. The Morgan fingerprint density at radius 3 is 2.80 bits per heavy atom. The predicted octanol–water partition coefficient (Wildman–Crippen LogP) is 3.00. The molecule has 3 saturated heterocycles. The van der Waals surface area contributed by atoms with E-state index in [1.54, 1.807) is 18.2 Å². The molecule has 7 nitrogen and oxygen atoms in total. The number of aromatic hydroxyl groups is 1. The van der Waals surface area contributed by atoms with Gasteiger partial charge < -0.3 is 10.4 Å². The molecule has 3 aromatic rings. The van der Waals surface area contributed by atoms with Crippen LogP contribution in [-0.2, 0) is 11.3 Å². The van der Waals surface area contributed by atoms with Gasteiger partial charge in [0.2, 0.25) is 5.91 Å². The van der Waals surface area contributed by atoms with Crippen molar-refractivity contribution in [1.82, 2.24) is 19.9 Å². The molecule has 2 N–H and O–H groups in total. The van der Waals surface area contributed by atoms with Gasteiger partial charge in [0.15, 0.2) is 0 Å². The van der Waals surface area contributed by atoms with Crippen LogP contribution in [0.3, 0.4) is 0 Å². The maximum absolute atomic E-state index is 12.8. The second-order valence-electron chi connectivity index (χ2n) is 8.27. The van der Waals surface area contributed by atoms with Gasteiger partial charge in [-0.05, 0) is 49.6 Å². The molecule has 1 aromatic heterocycles. The molecule has 0 aliphatic carbocycles. The third-order valence-electron chi connectivity index (χ3n) is 6.34.